The normalized spacial score (nSPS) is 22.8. The quantitative estimate of drug-likeness (QED) is 0.0140. The number of phosphoric acid groups is 2. The van der Waals surface area contributed by atoms with Gasteiger partial charge in [0.25, 0.3) is 0 Å². The summed E-state index contributed by atoms with van der Waals surface area (Å²) in [5, 5.41) is 41.1. The van der Waals surface area contributed by atoms with Crippen LogP contribution in [0, 0.1) is 0 Å². The summed E-state index contributed by atoms with van der Waals surface area (Å²) in [4.78, 5) is 54.1. The van der Waals surface area contributed by atoms with Crippen molar-refractivity contribution in [3.8, 4) is 0 Å². The number of carbonyl (C=O) groups is 2. The third kappa shape index (κ3) is 27.9. The summed E-state index contributed by atoms with van der Waals surface area (Å²) < 4.78 is 49.2. The maximum absolute atomic E-state index is 12.9. The Hall–Kier alpha value is -1.52. The molecule has 1 aliphatic rings. The maximum atomic E-state index is 12.9. The second-order valence-electron chi connectivity index (χ2n) is 15.4. The molecule has 0 aromatic carbocycles. The minimum Gasteiger partial charge on any atom is -0.462 e. The van der Waals surface area contributed by atoms with E-state index in [1.165, 1.54) is 51.4 Å². The summed E-state index contributed by atoms with van der Waals surface area (Å²) in [6.07, 6.45) is 17.2. The zero-order valence-electron chi connectivity index (χ0n) is 35.4. The summed E-state index contributed by atoms with van der Waals surface area (Å²) >= 11 is 0. The van der Waals surface area contributed by atoms with E-state index in [4.69, 9.17) is 28.3 Å². The Morgan fingerprint density at radius 1 is 0.542 bits per heavy atom. The first kappa shape index (κ1) is 55.5. The van der Waals surface area contributed by atoms with Gasteiger partial charge in [-0.15, -0.1) is 0 Å². The number of ether oxygens (including phenoxy) is 2. The van der Waals surface area contributed by atoms with Gasteiger partial charge < -0.3 is 44.6 Å². The topological polar surface area (TPSA) is 256 Å². The SMILES string of the molecule is CCCC=CCC=CCCCCCCCC(=O)OCC(COP(=O)(O)OC1C(O)C(O)C(O)C(OP(=O)(O)O)C1O)OC(=O)CCCCCCCCCCCCCCC. The van der Waals surface area contributed by atoms with Gasteiger partial charge in [0.2, 0.25) is 0 Å². The van der Waals surface area contributed by atoms with E-state index in [0.717, 1.165) is 77.0 Å². The van der Waals surface area contributed by atoms with Gasteiger partial charge in [0.15, 0.2) is 6.10 Å². The van der Waals surface area contributed by atoms with Crippen molar-refractivity contribution in [3.63, 3.8) is 0 Å². The van der Waals surface area contributed by atoms with E-state index in [0.29, 0.717) is 12.8 Å². The van der Waals surface area contributed by atoms with Gasteiger partial charge in [-0.05, 0) is 38.5 Å². The standard InChI is InChI=1S/C41H76O16P2/c1-3-5-7-9-11-13-15-17-19-21-23-25-27-29-34(42)53-31-33(55-35(43)30-28-26-24-22-20-18-16-14-12-10-8-6-4-2)32-54-59(51,52)57-41-38(46)36(44)37(45)40(39(41)47)56-58(48,49)50/h7,9,13,15,33,36-41,44-47H,3-6,8,10-12,14,16-32H2,1-2H3,(H,51,52)(H2,48,49,50). The molecule has 8 unspecified atom stereocenters. The average Bonchev–Trinajstić information content (AvgIpc) is 3.18. The molecule has 16 nitrogen and oxygen atoms in total. The van der Waals surface area contributed by atoms with Crippen LogP contribution in [0.4, 0.5) is 0 Å². The van der Waals surface area contributed by atoms with Crippen molar-refractivity contribution in [3.05, 3.63) is 24.3 Å². The molecule has 1 aliphatic carbocycles. The molecular weight excluding hydrogens is 810 g/mol. The lowest BCUT2D eigenvalue weighted by atomic mass is 9.85. The van der Waals surface area contributed by atoms with Crippen LogP contribution in [0.15, 0.2) is 24.3 Å². The largest absolute Gasteiger partial charge is 0.472 e. The molecule has 7 N–H and O–H groups in total. The lowest BCUT2D eigenvalue weighted by Crippen LogP contribution is -2.64. The zero-order valence-corrected chi connectivity index (χ0v) is 37.2. The second-order valence-corrected chi connectivity index (χ2v) is 18.0. The van der Waals surface area contributed by atoms with Crippen LogP contribution in [-0.4, -0.2) is 103 Å². The van der Waals surface area contributed by atoms with Crippen molar-refractivity contribution in [1.82, 2.24) is 0 Å². The van der Waals surface area contributed by atoms with Gasteiger partial charge >= 0.3 is 27.6 Å². The Balaban J connectivity index is 2.64. The number of unbranched alkanes of at least 4 members (excludes halogenated alkanes) is 18. The van der Waals surface area contributed by atoms with E-state index >= 15 is 0 Å². The molecule has 18 heteroatoms. The highest BCUT2D eigenvalue weighted by molar-refractivity contribution is 7.47. The highest BCUT2D eigenvalue weighted by atomic mass is 31.2. The number of hydrogen-bond acceptors (Lipinski definition) is 13. The Morgan fingerprint density at radius 2 is 1.02 bits per heavy atom. The number of aliphatic hydroxyl groups is 4. The van der Waals surface area contributed by atoms with Crippen LogP contribution >= 0.6 is 15.6 Å². The monoisotopic (exact) mass is 886 g/mol. The molecule has 8 atom stereocenters. The van der Waals surface area contributed by atoms with Crippen LogP contribution in [0.3, 0.4) is 0 Å². The van der Waals surface area contributed by atoms with E-state index < -0.39 is 83.5 Å². The molecule has 0 aromatic heterocycles. The number of carbonyl (C=O) groups excluding carboxylic acids is 2. The molecule has 1 fully saturated rings. The second kappa shape index (κ2) is 33.1. The van der Waals surface area contributed by atoms with Crippen molar-refractivity contribution in [1.29, 1.82) is 0 Å². The van der Waals surface area contributed by atoms with Crippen LogP contribution < -0.4 is 0 Å². The Bertz CT molecular complexity index is 1260. The smallest absolute Gasteiger partial charge is 0.462 e. The molecule has 0 heterocycles. The third-order valence-corrected chi connectivity index (χ3v) is 11.5. The van der Waals surface area contributed by atoms with Crippen LogP contribution in [-0.2, 0) is 41.8 Å². The summed E-state index contributed by atoms with van der Waals surface area (Å²) in [6.45, 7) is 3.01. The van der Waals surface area contributed by atoms with Crippen molar-refractivity contribution in [2.45, 2.75) is 211 Å². The Morgan fingerprint density at radius 3 is 1.54 bits per heavy atom. The minimum atomic E-state index is -5.36. The molecular formula is C41H76O16P2. The summed E-state index contributed by atoms with van der Waals surface area (Å²) in [5.74, 6) is -1.22. The van der Waals surface area contributed by atoms with Crippen LogP contribution in [0.2, 0.25) is 0 Å². The van der Waals surface area contributed by atoms with Crippen molar-refractivity contribution >= 4 is 27.6 Å². The van der Waals surface area contributed by atoms with Crippen molar-refractivity contribution in [2.75, 3.05) is 13.2 Å². The number of aliphatic hydroxyl groups excluding tert-OH is 4. The van der Waals surface area contributed by atoms with Gasteiger partial charge in [-0.2, -0.15) is 0 Å². The van der Waals surface area contributed by atoms with E-state index in [1.54, 1.807) is 0 Å². The molecule has 0 bridgehead atoms. The Kier molecular flexibility index (Phi) is 31.1. The molecule has 0 radical (unpaired) electrons. The van der Waals surface area contributed by atoms with Crippen LogP contribution in [0.25, 0.3) is 0 Å². The van der Waals surface area contributed by atoms with E-state index in [1.807, 2.05) is 0 Å². The summed E-state index contributed by atoms with van der Waals surface area (Å²) in [6, 6.07) is 0. The molecule has 0 aliphatic heterocycles. The molecule has 0 saturated heterocycles. The van der Waals surface area contributed by atoms with E-state index in [-0.39, 0.29) is 12.8 Å². The van der Waals surface area contributed by atoms with Gasteiger partial charge in [0.1, 0.15) is 43.2 Å². The summed E-state index contributed by atoms with van der Waals surface area (Å²) in [7, 11) is -10.7. The predicted molar refractivity (Wildman–Crippen MR) is 223 cm³/mol. The molecule has 0 amide bonds. The number of esters is 2. The number of rotatable bonds is 36. The van der Waals surface area contributed by atoms with Crippen LogP contribution in [0.1, 0.15) is 168 Å². The van der Waals surface area contributed by atoms with E-state index in [2.05, 4.69) is 42.7 Å². The van der Waals surface area contributed by atoms with Gasteiger partial charge in [-0.25, -0.2) is 9.13 Å². The van der Waals surface area contributed by atoms with Gasteiger partial charge in [-0.1, -0.05) is 141 Å². The fraction of sp³-hybridized carbons (Fsp3) is 0.854. The van der Waals surface area contributed by atoms with Gasteiger partial charge in [0, 0.05) is 12.8 Å². The highest BCUT2D eigenvalue weighted by Gasteiger charge is 2.54. The highest BCUT2D eigenvalue weighted by Crippen LogP contribution is 2.49. The Labute approximate surface area is 352 Å². The molecule has 59 heavy (non-hydrogen) atoms. The van der Waals surface area contributed by atoms with Crippen molar-refractivity contribution < 1.29 is 76.9 Å². The molecule has 0 spiro atoms. The lowest BCUT2D eigenvalue weighted by Gasteiger charge is -2.43. The maximum Gasteiger partial charge on any atom is 0.472 e. The first-order valence-electron chi connectivity index (χ1n) is 21.9. The molecule has 1 rings (SSSR count). The number of phosphoric ester groups is 2. The first-order chi connectivity index (χ1) is 28.1. The van der Waals surface area contributed by atoms with Crippen molar-refractivity contribution in [2.24, 2.45) is 0 Å². The number of allylic oxidation sites excluding steroid dienone is 4. The molecule has 346 valence electrons. The van der Waals surface area contributed by atoms with Gasteiger partial charge in [-0.3, -0.25) is 23.2 Å². The lowest BCUT2D eigenvalue weighted by molar-refractivity contribution is -0.216. The third-order valence-electron chi connectivity index (χ3n) is 10.0. The van der Waals surface area contributed by atoms with E-state index in [9.17, 15) is 44.0 Å². The fourth-order valence-corrected chi connectivity index (χ4v) is 8.13. The summed E-state index contributed by atoms with van der Waals surface area (Å²) in [5.41, 5.74) is 0. The average molecular weight is 887 g/mol. The number of hydrogen-bond donors (Lipinski definition) is 7. The molecule has 1 saturated carbocycles. The predicted octanol–water partition coefficient (Wildman–Crippen LogP) is 7.39. The molecule has 0 aromatic rings. The zero-order chi connectivity index (χ0) is 43.9. The minimum absolute atomic E-state index is 0.0446. The van der Waals surface area contributed by atoms with Gasteiger partial charge in [0.05, 0.1) is 6.61 Å². The first-order valence-corrected chi connectivity index (χ1v) is 24.9. The van der Waals surface area contributed by atoms with Crippen LogP contribution in [0.5, 0.6) is 0 Å². The fourth-order valence-electron chi connectivity index (χ4n) is 6.59.